The zero-order valence-electron chi connectivity index (χ0n) is 12.6. The summed E-state index contributed by atoms with van der Waals surface area (Å²) in [7, 11) is 0. The van der Waals surface area contributed by atoms with Gasteiger partial charge >= 0.3 is 6.18 Å². The molecule has 0 aromatic heterocycles. The van der Waals surface area contributed by atoms with Gasteiger partial charge in [-0.05, 0) is 25.7 Å². The number of hydrogen-bond acceptors (Lipinski definition) is 1. The normalized spacial score (nSPS) is 17.0. The van der Waals surface area contributed by atoms with Crippen LogP contribution < -0.4 is 0 Å². The van der Waals surface area contributed by atoms with E-state index in [2.05, 4.69) is 6.92 Å². The number of carbonyl (C=O) groups is 1. The predicted molar refractivity (Wildman–Crippen MR) is 72.0 cm³/mol. The molecule has 0 aromatic rings. The standard InChI is InChI=1S/C15H27F3O/c1-5-8-9-12(6-2)10-11-13(19)14(4,7-3)15(16,17)18/h12H,5-11H2,1-4H3. The van der Waals surface area contributed by atoms with Crippen LogP contribution >= 0.6 is 0 Å². The summed E-state index contributed by atoms with van der Waals surface area (Å²) in [5.74, 6) is -0.282. The van der Waals surface area contributed by atoms with E-state index in [1.165, 1.54) is 6.92 Å². The number of alkyl halides is 3. The zero-order chi connectivity index (χ0) is 15.1. The van der Waals surface area contributed by atoms with Gasteiger partial charge in [0.05, 0.1) is 0 Å². The lowest BCUT2D eigenvalue weighted by Gasteiger charge is -2.29. The molecule has 0 heterocycles. The Hall–Kier alpha value is -0.540. The molecule has 0 bridgehead atoms. The summed E-state index contributed by atoms with van der Waals surface area (Å²) < 4.78 is 38.8. The Labute approximate surface area is 115 Å². The number of Topliss-reactive ketones (excluding diaryl/α,β-unsaturated/α-hetero) is 1. The Morgan fingerprint density at radius 3 is 2.05 bits per heavy atom. The van der Waals surface area contributed by atoms with Gasteiger partial charge in [-0.25, -0.2) is 0 Å². The van der Waals surface area contributed by atoms with E-state index in [0.29, 0.717) is 12.3 Å². The van der Waals surface area contributed by atoms with Crippen molar-refractivity contribution in [1.82, 2.24) is 0 Å². The number of hydrogen-bond donors (Lipinski definition) is 0. The van der Waals surface area contributed by atoms with Gasteiger partial charge in [-0.15, -0.1) is 0 Å². The average Bonchev–Trinajstić information content (AvgIpc) is 2.36. The minimum atomic E-state index is -4.44. The Morgan fingerprint density at radius 1 is 1.11 bits per heavy atom. The molecule has 0 spiro atoms. The van der Waals surface area contributed by atoms with Gasteiger partial charge in [-0.1, -0.05) is 46.5 Å². The van der Waals surface area contributed by atoms with Gasteiger partial charge in [0.15, 0.2) is 0 Å². The predicted octanol–water partition coefficient (Wildman–Crippen LogP) is 5.53. The largest absolute Gasteiger partial charge is 0.401 e. The molecule has 0 aromatic carbocycles. The Kier molecular flexibility index (Phi) is 7.68. The third-order valence-corrected chi connectivity index (χ3v) is 4.27. The van der Waals surface area contributed by atoms with Crippen molar-refractivity contribution in [2.75, 3.05) is 0 Å². The fourth-order valence-electron chi connectivity index (χ4n) is 2.21. The molecule has 114 valence electrons. The van der Waals surface area contributed by atoms with E-state index < -0.39 is 17.4 Å². The van der Waals surface area contributed by atoms with Crippen molar-refractivity contribution in [2.24, 2.45) is 11.3 Å². The first-order chi connectivity index (χ1) is 8.72. The molecule has 0 rings (SSSR count). The number of ketones is 1. The monoisotopic (exact) mass is 280 g/mol. The molecular formula is C15H27F3O. The van der Waals surface area contributed by atoms with Crippen LogP contribution in [0, 0.1) is 11.3 Å². The van der Waals surface area contributed by atoms with E-state index >= 15 is 0 Å². The molecule has 1 nitrogen and oxygen atoms in total. The van der Waals surface area contributed by atoms with E-state index in [-0.39, 0.29) is 12.8 Å². The molecule has 2 unspecified atom stereocenters. The van der Waals surface area contributed by atoms with Gasteiger partial charge < -0.3 is 0 Å². The third kappa shape index (κ3) is 5.15. The van der Waals surface area contributed by atoms with Crippen LogP contribution in [-0.4, -0.2) is 12.0 Å². The maximum absolute atomic E-state index is 12.9. The van der Waals surface area contributed by atoms with Crippen LogP contribution in [0.4, 0.5) is 13.2 Å². The van der Waals surface area contributed by atoms with Crippen LogP contribution in [0.25, 0.3) is 0 Å². The third-order valence-electron chi connectivity index (χ3n) is 4.27. The molecule has 2 atom stereocenters. The van der Waals surface area contributed by atoms with Crippen molar-refractivity contribution >= 4 is 5.78 Å². The number of rotatable bonds is 9. The van der Waals surface area contributed by atoms with Gasteiger partial charge in [0.2, 0.25) is 0 Å². The van der Waals surface area contributed by atoms with E-state index in [0.717, 1.165) is 32.6 Å². The molecule has 0 aliphatic rings. The first-order valence-corrected chi connectivity index (χ1v) is 7.32. The Morgan fingerprint density at radius 2 is 1.68 bits per heavy atom. The van der Waals surface area contributed by atoms with Crippen molar-refractivity contribution in [3.63, 3.8) is 0 Å². The summed E-state index contributed by atoms with van der Waals surface area (Å²) >= 11 is 0. The average molecular weight is 280 g/mol. The highest BCUT2D eigenvalue weighted by Gasteiger charge is 2.54. The smallest absolute Gasteiger partial charge is 0.299 e. The summed E-state index contributed by atoms with van der Waals surface area (Å²) in [4.78, 5) is 11.9. The van der Waals surface area contributed by atoms with Gasteiger partial charge in [0.1, 0.15) is 11.2 Å². The van der Waals surface area contributed by atoms with Gasteiger partial charge in [-0.2, -0.15) is 13.2 Å². The molecule has 0 fully saturated rings. The number of carbonyl (C=O) groups excluding carboxylic acids is 1. The molecule has 0 amide bonds. The second kappa shape index (κ2) is 7.91. The fourth-order valence-corrected chi connectivity index (χ4v) is 2.21. The lowest BCUT2D eigenvalue weighted by atomic mass is 9.79. The fraction of sp³-hybridized carbons (Fsp3) is 0.933. The molecule has 4 heteroatoms. The second-order valence-electron chi connectivity index (χ2n) is 5.56. The van der Waals surface area contributed by atoms with Gasteiger partial charge in [0.25, 0.3) is 0 Å². The minimum Gasteiger partial charge on any atom is -0.299 e. The molecule has 0 N–H and O–H groups in total. The van der Waals surface area contributed by atoms with Crippen LogP contribution in [0.3, 0.4) is 0 Å². The molecular weight excluding hydrogens is 253 g/mol. The Balaban J connectivity index is 4.50. The van der Waals surface area contributed by atoms with Crippen LogP contribution in [0.1, 0.15) is 72.6 Å². The summed E-state index contributed by atoms with van der Waals surface area (Å²) in [5.41, 5.74) is -2.17. The van der Waals surface area contributed by atoms with Crippen LogP contribution in [0.5, 0.6) is 0 Å². The lowest BCUT2D eigenvalue weighted by Crippen LogP contribution is -2.42. The SMILES string of the molecule is CCCCC(CC)CCC(=O)C(C)(CC)C(F)(F)F. The highest BCUT2D eigenvalue weighted by Crippen LogP contribution is 2.42. The molecule has 19 heavy (non-hydrogen) atoms. The summed E-state index contributed by atoms with van der Waals surface area (Å²) in [6.07, 6.45) is 0.117. The van der Waals surface area contributed by atoms with Crippen LogP contribution in [0.2, 0.25) is 0 Å². The van der Waals surface area contributed by atoms with E-state index in [4.69, 9.17) is 0 Å². The highest BCUT2D eigenvalue weighted by molar-refractivity contribution is 5.85. The van der Waals surface area contributed by atoms with Crippen LogP contribution in [0.15, 0.2) is 0 Å². The van der Waals surface area contributed by atoms with E-state index in [9.17, 15) is 18.0 Å². The van der Waals surface area contributed by atoms with Gasteiger partial charge in [-0.3, -0.25) is 4.79 Å². The van der Waals surface area contributed by atoms with Crippen molar-refractivity contribution in [2.45, 2.75) is 78.8 Å². The molecule has 0 radical (unpaired) electrons. The lowest BCUT2D eigenvalue weighted by molar-refractivity contribution is -0.216. The van der Waals surface area contributed by atoms with Crippen molar-refractivity contribution in [3.05, 3.63) is 0 Å². The second-order valence-corrected chi connectivity index (χ2v) is 5.56. The number of unbranched alkanes of at least 4 members (excludes halogenated alkanes) is 1. The molecule has 0 aliphatic heterocycles. The van der Waals surface area contributed by atoms with E-state index in [1.54, 1.807) is 0 Å². The quantitative estimate of drug-likeness (QED) is 0.542. The highest BCUT2D eigenvalue weighted by atomic mass is 19.4. The minimum absolute atomic E-state index is 0.0477. The summed E-state index contributed by atoms with van der Waals surface area (Å²) in [5, 5.41) is 0. The van der Waals surface area contributed by atoms with Gasteiger partial charge in [0, 0.05) is 6.42 Å². The molecule has 0 saturated carbocycles. The van der Waals surface area contributed by atoms with Crippen molar-refractivity contribution in [3.8, 4) is 0 Å². The molecule has 0 saturated heterocycles. The first-order valence-electron chi connectivity index (χ1n) is 7.32. The van der Waals surface area contributed by atoms with Crippen molar-refractivity contribution < 1.29 is 18.0 Å². The number of halogens is 3. The summed E-state index contributed by atoms with van der Waals surface area (Å²) in [6, 6.07) is 0. The van der Waals surface area contributed by atoms with E-state index in [1.807, 2.05) is 6.92 Å². The van der Waals surface area contributed by atoms with Crippen molar-refractivity contribution in [1.29, 1.82) is 0 Å². The first kappa shape index (κ1) is 18.5. The topological polar surface area (TPSA) is 17.1 Å². The zero-order valence-corrected chi connectivity index (χ0v) is 12.6. The Bertz CT molecular complexity index is 273. The maximum Gasteiger partial charge on any atom is 0.401 e. The maximum atomic E-state index is 12.9. The summed E-state index contributed by atoms with van der Waals surface area (Å²) in [6.45, 7) is 6.59. The van der Waals surface area contributed by atoms with Crippen LogP contribution in [-0.2, 0) is 4.79 Å². The molecule has 0 aliphatic carbocycles.